The molecule has 0 heterocycles. The molecule has 0 fully saturated rings. The highest BCUT2D eigenvalue weighted by molar-refractivity contribution is 7.92. The zero-order valence-corrected chi connectivity index (χ0v) is 11.4. The van der Waals surface area contributed by atoms with Crippen molar-refractivity contribution < 1.29 is 13.2 Å². The molecule has 0 radical (unpaired) electrons. The predicted octanol–water partition coefficient (Wildman–Crippen LogP) is 1.37. The summed E-state index contributed by atoms with van der Waals surface area (Å²) in [5, 5.41) is 2.61. The van der Waals surface area contributed by atoms with Crippen molar-refractivity contribution in [1.82, 2.24) is 5.32 Å². The lowest BCUT2D eigenvalue weighted by Crippen LogP contribution is -2.20. The van der Waals surface area contributed by atoms with Crippen LogP contribution in [0.1, 0.15) is 5.56 Å². The van der Waals surface area contributed by atoms with Crippen LogP contribution in [0.15, 0.2) is 43.0 Å². The van der Waals surface area contributed by atoms with E-state index in [1.54, 1.807) is 36.4 Å². The maximum Gasteiger partial charge on any atom is 0.244 e. The molecule has 0 aromatic heterocycles. The van der Waals surface area contributed by atoms with Crippen LogP contribution in [0, 0.1) is 0 Å². The van der Waals surface area contributed by atoms with Crippen LogP contribution in [0.3, 0.4) is 0 Å². The second kappa shape index (κ2) is 6.75. The van der Waals surface area contributed by atoms with Crippen molar-refractivity contribution in [3.8, 4) is 0 Å². The molecular weight excluding hydrogens is 264 g/mol. The molecule has 0 aliphatic heterocycles. The Balaban J connectivity index is 2.64. The number of hydrogen-bond acceptors (Lipinski definition) is 3. The standard InChI is InChI=1S/C13H16N2O3S/c1-3-10-14-13(16)9-6-11-4-7-12(8-5-11)15-19(2,17)18/h3-9,15H,1,10H2,2H3,(H,14,16)/b9-6+. The summed E-state index contributed by atoms with van der Waals surface area (Å²) < 4.78 is 24.4. The van der Waals surface area contributed by atoms with Crippen LogP contribution in [0.5, 0.6) is 0 Å². The molecule has 2 N–H and O–H groups in total. The van der Waals surface area contributed by atoms with E-state index in [-0.39, 0.29) is 5.91 Å². The molecule has 0 aliphatic rings. The summed E-state index contributed by atoms with van der Waals surface area (Å²) in [6, 6.07) is 6.68. The maximum atomic E-state index is 11.3. The van der Waals surface area contributed by atoms with E-state index in [1.165, 1.54) is 6.08 Å². The minimum Gasteiger partial charge on any atom is -0.349 e. The molecule has 0 aliphatic carbocycles. The number of hydrogen-bond donors (Lipinski definition) is 2. The minimum atomic E-state index is -3.27. The van der Waals surface area contributed by atoms with Crippen molar-refractivity contribution >= 4 is 27.7 Å². The van der Waals surface area contributed by atoms with Crippen LogP contribution in [-0.4, -0.2) is 27.1 Å². The molecule has 0 spiro atoms. The first-order valence-electron chi connectivity index (χ1n) is 5.55. The average Bonchev–Trinajstić information content (AvgIpc) is 2.33. The van der Waals surface area contributed by atoms with Crippen molar-refractivity contribution in [3.05, 3.63) is 48.6 Å². The molecule has 6 heteroatoms. The number of anilines is 1. The van der Waals surface area contributed by atoms with Gasteiger partial charge in [-0.25, -0.2) is 8.42 Å². The van der Waals surface area contributed by atoms with Gasteiger partial charge in [0, 0.05) is 18.3 Å². The first-order valence-corrected chi connectivity index (χ1v) is 7.44. The van der Waals surface area contributed by atoms with Gasteiger partial charge in [-0.05, 0) is 23.8 Å². The number of carbonyl (C=O) groups is 1. The van der Waals surface area contributed by atoms with Gasteiger partial charge in [0.15, 0.2) is 0 Å². The topological polar surface area (TPSA) is 75.3 Å². The van der Waals surface area contributed by atoms with Gasteiger partial charge in [-0.3, -0.25) is 9.52 Å². The van der Waals surface area contributed by atoms with E-state index < -0.39 is 10.0 Å². The maximum absolute atomic E-state index is 11.3. The minimum absolute atomic E-state index is 0.210. The smallest absolute Gasteiger partial charge is 0.244 e. The Kier molecular flexibility index (Phi) is 5.32. The summed E-state index contributed by atoms with van der Waals surface area (Å²) in [5.41, 5.74) is 1.28. The Labute approximate surface area is 113 Å². The fraction of sp³-hybridized carbons (Fsp3) is 0.154. The number of benzene rings is 1. The molecule has 0 bridgehead atoms. The highest BCUT2D eigenvalue weighted by Gasteiger charge is 2.00. The van der Waals surface area contributed by atoms with Crippen molar-refractivity contribution in [2.24, 2.45) is 0 Å². The Morgan fingerprint density at radius 2 is 1.95 bits per heavy atom. The molecular formula is C13H16N2O3S. The van der Waals surface area contributed by atoms with Gasteiger partial charge in [0.2, 0.25) is 15.9 Å². The van der Waals surface area contributed by atoms with Crippen molar-refractivity contribution in [2.45, 2.75) is 0 Å². The lowest BCUT2D eigenvalue weighted by atomic mass is 10.2. The van der Waals surface area contributed by atoms with Gasteiger partial charge in [0.1, 0.15) is 0 Å². The molecule has 0 saturated carbocycles. The molecule has 1 rings (SSSR count). The third kappa shape index (κ3) is 6.42. The Hall–Kier alpha value is -2.08. The van der Waals surface area contributed by atoms with Gasteiger partial charge >= 0.3 is 0 Å². The van der Waals surface area contributed by atoms with E-state index in [2.05, 4.69) is 16.6 Å². The lowest BCUT2D eigenvalue weighted by molar-refractivity contribution is -0.116. The summed E-state index contributed by atoms with van der Waals surface area (Å²) >= 11 is 0. The first kappa shape index (κ1) is 15.0. The normalized spacial score (nSPS) is 11.2. The van der Waals surface area contributed by atoms with Crippen LogP contribution in [0.2, 0.25) is 0 Å². The van der Waals surface area contributed by atoms with E-state index in [1.807, 2.05) is 0 Å². The second-order valence-electron chi connectivity index (χ2n) is 3.86. The summed E-state index contributed by atoms with van der Waals surface area (Å²) in [5.74, 6) is -0.210. The zero-order chi connectivity index (χ0) is 14.3. The third-order valence-corrected chi connectivity index (χ3v) is 2.67. The Morgan fingerprint density at radius 3 is 2.47 bits per heavy atom. The third-order valence-electron chi connectivity index (χ3n) is 2.06. The zero-order valence-electron chi connectivity index (χ0n) is 10.6. The van der Waals surface area contributed by atoms with E-state index >= 15 is 0 Å². The molecule has 1 amide bonds. The fourth-order valence-electron chi connectivity index (χ4n) is 1.28. The SMILES string of the molecule is C=CCNC(=O)/C=C/c1ccc(NS(C)(=O)=O)cc1. The van der Waals surface area contributed by atoms with Gasteiger partial charge in [-0.1, -0.05) is 18.2 Å². The van der Waals surface area contributed by atoms with Crippen molar-refractivity contribution in [3.63, 3.8) is 0 Å². The van der Waals surface area contributed by atoms with E-state index in [0.717, 1.165) is 11.8 Å². The predicted molar refractivity (Wildman–Crippen MR) is 77.1 cm³/mol. The van der Waals surface area contributed by atoms with Gasteiger partial charge in [-0.2, -0.15) is 0 Å². The van der Waals surface area contributed by atoms with Crippen LogP contribution < -0.4 is 10.0 Å². The van der Waals surface area contributed by atoms with E-state index in [0.29, 0.717) is 12.2 Å². The molecule has 102 valence electrons. The Morgan fingerprint density at radius 1 is 1.32 bits per heavy atom. The molecule has 1 aromatic carbocycles. The average molecular weight is 280 g/mol. The highest BCUT2D eigenvalue weighted by atomic mass is 32.2. The molecule has 19 heavy (non-hydrogen) atoms. The summed E-state index contributed by atoms with van der Waals surface area (Å²) in [7, 11) is -3.27. The summed E-state index contributed by atoms with van der Waals surface area (Å²) in [6.07, 6.45) is 5.73. The molecule has 0 atom stereocenters. The molecule has 0 unspecified atom stereocenters. The van der Waals surface area contributed by atoms with Gasteiger partial charge in [0.25, 0.3) is 0 Å². The Bertz CT molecular complexity index is 574. The van der Waals surface area contributed by atoms with Crippen LogP contribution >= 0.6 is 0 Å². The molecule has 1 aromatic rings. The number of sulfonamides is 1. The lowest BCUT2D eigenvalue weighted by Gasteiger charge is -2.03. The number of rotatable bonds is 6. The number of nitrogens with one attached hydrogen (secondary N) is 2. The van der Waals surface area contributed by atoms with Crippen molar-refractivity contribution in [2.75, 3.05) is 17.5 Å². The number of carbonyl (C=O) groups excluding carboxylic acids is 1. The number of amides is 1. The largest absolute Gasteiger partial charge is 0.349 e. The van der Waals surface area contributed by atoms with Gasteiger partial charge < -0.3 is 5.32 Å². The molecule has 5 nitrogen and oxygen atoms in total. The first-order chi connectivity index (χ1) is 8.90. The fourth-order valence-corrected chi connectivity index (χ4v) is 1.84. The summed E-state index contributed by atoms with van der Waals surface area (Å²) in [4.78, 5) is 11.3. The van der Waals surface area contributed by atoms with Crippen molar-refractivity contribution in [1.29, 1.82) is 0 Å². The quantitative estimate of drug-likeness (QED) is 0.610. The highest BCUT2D eigenvalue weighted by Crippen LogP contribution is 2.11. The van der Waals surface area contributed by atoms with Crippen LogP contribution in [-0.2, 0) is 14.8 Å². The van der Waals surface area contributed by atoms with E-state index in [4.69, 9.17) is 0 Å². The van der Waals surface area contributed by atoms with Gasteiger partial charge in [0.05, 0.1) is 6.26 Å². The summed E-state index contributed by atoms with van der Waals surface area (Å²) in [6.45, 7) is 3.91. The molecule has 0 saturated heterocycles. The van der Waals surface area contributed by atoms with Crippen LogP contribution in [0.4, 0.5) is 5.69 Å². The van der Waals surface area contributed by atoms with Crippen LogP contribution in [0.25, 0.3) is 6.08 Å². The van der Waals surface area contributed by atoms with Gasteiger partial charge in [-0.15, -0.1) is 6.58 Å². The second-order valence-corrected chi connectivity index (χ2v) is 5.61. The monoisotopic (exact) mass is 280 g/mol. The van der Waals surface area contributed by atoms with E-state index in [9.17, 15) is 13.2 Å².